The number of nitrogens with one attached hydrogen (secondary N) is 1. The van der Waals surface area contributed by atoms with E-state index in [1.54, 1.807) is 13.8 Å². The Morgan fingerprint density at radius 2 is 2.20 bits per heavy atom. The average molecular weight is 143 g/mol. The molecule has 0 aliphatic heterocycles. The number of amides is 1. The van der Waals surface area contributed by atoms with Crippen molar-refractivity contribution >= 4 is 5.91 Å². The molecule has 0 radical (unpaired) electrons. The molecule has 0 saturated carbocycles. The van der Waals surface area contributed by atoms with E-state index in [0.717, 1.165) is 0 Å². The fraction of sp³-hybridized carbons (Fsp3) is 0.571. The van der Waals surface area contributed by atoms with Crippen LogP contribution in [0.15, 0.2) is 12.7 Å². The summed E-state index contributed by atoms with van der Waals surface area (Å²) in [5, 5.41) is 11.4. The molecule has 0 saturated heterocycles. The van der Waals surface area contributed by atoms with Crippen molar-refractivity contribution in [1.29, 1.82) is 0 Å². The van der Waals surface area contributed by atoms with Crippen molar-refractivity contribution in [3.05, 3.63) is 12.7 Å². The molecule has 2 N–H and O–H groups in total. The van der Waals surface area contributed by atoms with E-state index in [2.05, 4.69) is 11.9 Å². The predicted octanol–water partition coefficient (Wildman–Crippen LogP) is 0.0579. The van der Waals surface area contributed by atoms with Gasteiger partial charge in [-0.3, -0.25) is 4.79 Å². The third kappa shape index (κ3) is 3.25. The average Bonchev–Trinajstić information content (AvgIpc) is 1.87. The minimum absolute atomic E-state index is 0.217. The number of hydrogen-bond acceptors (Lipinski definition) is 2. The van der Waals surface area contributed by atoms with Crippen LogP contribution in [-0.2, 0) is 4.79 Å². The van der Waals surface area contributed by atoms with Gasteiger partial charge in [-0.25, -0.2) is 0 Å². The zero-order chi connectivity index (χ0) is 8.15. The molecule has 0 bridgehead atoms. The van der Waals surface area contributed by atoms with Gasteiger partial charge in [-0.05, 0) is 19.9 Å². The van der Waals surface area contributed by atoms with Crippen LogP contribution in [0.25, 0.3) is 0 Å². The fourth-order valence-electron chi connectivity index (χ4n) is 0.404. The van der Waals surface area contributed by atoms with E-state index >= 15 is 0 Å². The van der Waals surface area contributed by atoms with E-state index in [4.69, 9.17) is 5.11 Å². The van der Waals surface area contributed by atoms with Gasteiger partial charge < -0.3 is 10.4 Å². The van der Waals surface area contributed by atoms with Crippen LogP contribution in [0.2, 0.25) is 0 Å². The standard InChI is InChI=1S/C7H13NO2/c1-4-7(10)8-5(2)6(3)9/h4-6,9H,1H2,2-3H3,(H,8,10). The quantitative estimate of drug-likeness (QED) is 0.549. The molecule has 3 nitrogen and oxygen atoms in total. The minimum Gasteiger partial charge on any atom is -0.391 e. The summed E-state index contributed by atoms with van der Waals surface area (Å²) in [4.78, 5) is 10.6. The van der Waals surface area contributed by atoms with Crippen LogP contribution in [0.5, 0.6) is 0 Å². The highest BCUT2D eigenvalue weighted by Crippen LogP contribution is 1.89. The summed E-state index contributed by atoms with van der Waals surface area (Å²) >= 11 is 0. The van der Waals surface area contributed by atoms with Crippen LogP contribution in [0, 0.1) is 0 Å². The van der Waals surface area contributed by atoms with Crippen molar-refractivity contribution in [3.8, 4) is 0 Å². The molecule has 0 aromatic carbocycles. The monoisotopic (exact) mass is 143 g/mol. The van der Waals surface area contributed by atoms with Crippen LogP contribution < -0.4 is 5.32 Å². The SMILES string of the molecule is C=CC(=O)NC(C)C(C)O. The third-order valence-electron chi connectivity index (χ3n) is 1.28. The number of carbonyl (C=O) groups excluding carboxylic acids is 1. The van der Waals surface area contributed by atoms with Gasteiger partial charge in [0, 0.05) is 0 Å². The van der Waals surface area contributed by atoms with Crippen molar-refractivity contribution in [2.24, 2.45) is 0 Å². The highest BCUT2D eigenvalue weighted by atomic mass is 16.3. The minimum atomic E-state index is -0.524. The van der Waals surface area contributed by atoms with E-state index in [-0.39, 0.29) is 11.9 Å². The van der Waals surface area contributed by atoms with E-state index < -0.39 is 6.10 Å². The van der Waals surface area contributed by atoms with Crippen molar-refractivity contribution in [1.82, 2.24) is 5.32 Å². The normalized spacial score (nSPS) is 15.5. The van der Waals surface area contributed by atoms with Crippen molar-refractivity contribution in [2.75, 3.05) is 0 Å². The highest BCUT2D eigenvalue weighted by Gasteiger charge is 2.08. The maximum Gasteiger partial charge on any atom is 0.243 e. The molecule has 2 unspecified atom stereocenters. The molecule has 0 fully saturated rings. The fourth-order valence-corrected chi connectivity index (χ4v) is 0.404. The molecule has 0 heterocycles. The lowest BCUT2D eigenvalue weighted by Gasteiger charge is -2.14. The Kier molecular flexibility index (Phi) is 3.72. The molecule has 0 aliphatic rings. The topological polar surface area (TPSA) is 49.3 Å². The Bertz CT molecular complexity index is 132. The molecule has 0 aliphatic carbocycles. The van der Waals surface area contributed by atoms with Gasteiger partial charge in [0.05, 0.1) is 12.1 Å². The first-order chi connectivity index (χ1) is 4.57. The zero-order valence-electron chi connectivity index (χ0n) is 6.29. The van der Waals surface area contributed by atoms with E-state index in [1.807, 2.05) is 0 Å². The zero-order valence-corrected chi connectivity index (χ0v) is 6.29. The highest BCUT2D eigenvalue weighted by molar-refractivity contribution is 5.87. The summed E-state index contributed by atoms with van der Waals surface area (Å²) < 4.78 is 0. The summed E-state index contributed by atoms with van der Waals surface area (Å²) in [7, 11) is 0. The second kappa shape index (κ2) is 4.06. The van der Waals surface area contributed by atoms with Gasteiger partial charge in [-0.1, -0.05) is 6.58 Å². The van der Waals surface area contributed by atoms with Crippen LogP contribution >= 0.6 is 0 Å². The number of carbonyl (C=O) groups is 1. The van der Waals surface area contributed by atoms with Gasteiger partial charge >= 0.3 is 0 Å². The first-order valence-corrected chi connectivity index (χ1v) is 3.19. The van der Waals surface area contributed by atoms with Crippen molar-refractivity contribution < 1.29 is 9.90 Å². The molecule has 58 valence electrons. The van der Waals surface area contributed by atoms with Crippen molar-refractivity contribution in [2.45, 2.75) is 26.0 Å². The molecule has 0 spiro atoms. The maximum atomic E-state index is 10.6. The summed E-state index contributed by atoms with van der Waals surface area (Å²) in [5.74, 6) is -0.256. The van der Waals surface area contributed by atoms with Crippen LogP contribution in [0.1, 0.15) is 13.8 Å². The number of aliphatic hydroxyl groups is 1. The molecule has 2 atom stereocenters. The van der Waals surface area contributed by atoms with Gasteiger partial charge in [0.25, 0.3) is 0 Å². The van der Waals surface area contributed by atoms with Gasteiger partial charge in [0.15, 0.2) is 0 Å². The molecule has 10 heavy (non-hydrogen) atoms. The maximum absolute atomic E-state index is 10.6. The first-order valence-electron chi connectivity index (χ1n) is 3.19. The molecule has 3 heteroatoms. The van der Waals surface area contributed by atoms with Gasteiger partial charge in [-0.15, -0.1) is 0 Å². The van der Waals surface area contributed by atoms with Crippen LogP contribution in [0.3, 0.4) is 0 Å². The Balaban J connectivity index is 3.67. The van der Waals surface area contributed by atoms with E-state index in [9.17, 15) is 4.79 Å². The van der Waals surface area contributed by atoms with E-state index in [0.29, 0.717) is 0 Å². The summed E-state index contributed by atoms with van der Waals surface area (Å²) in [6.45, 7) is 6.63. The summed E-state index contributed by atoms with van der Waals surface area (Å²) in [5.41, 5.74) is 0. The number of rotatable bonds is 3. The largest absolute Gasteiger partial charge is 0.391 e. The lowest BCUT2D eigenvalue weighted by Crippen LogP contribution is -2.38. The molecular weight excluding hydrogens is 130 g/mol. The molecule has 1 amide bonds. The Labute approximate surface area is 60.7 Å². The van der Waals surface area contributed by atoms with Gasteiger partial charge in [0.2, 0.25) is 5.91 Å². The number of aliphatic hydroxyl groups excluding tert-OH is 1. The lowest BCUT2D eigenvalue weighted by molar-refractivity contribution is -0.117. The smallest absolute Gasteiger partial charge is 0.243 e. The van der Waals surface area contributed by atoms with Crippen LogP contribution in [0.4, 0.5) is 0 Å². The molecular formula is C7H13NO2. The molecule has 0 aromatic rings. The third-order valence-corrected chi connectivity index (χ3v) is 1.28. The van der Waals surface area contributed by atoms with E-state index in [1.165, 1.54) is 6.08 Å². The first kappa shape index (κ1) is 9.17. The number of hydrogen-bond donors (Lipinski definition) is 2. The van der Waals surface area contributed by atoms with Gasteiger partial charge in [-0.2, -0.15) is 0 Å². The predicted molar refractivity (Wildman–Crippen MR) is 39.5 cm³/mol. The van der Waals surface area contributed by atoms with Crippen LogP contribution in [-0.4, -0.2) is 23.2 Å². The molecule has 0 rings (SSSR count). The lowest BCUT2D eigenvalue weighted by atomic mass is 10.2. The van der Waals surface area contributed by atoms with Gasteiger partial charge in [0.1, 0.15) is 0 Å². The second-order valence-corrected chi connectivity index (χ2v) is 2.24. The summed E-state index contributed by atoms with van der Waals surface area (Å²) in [6.07, 6.45) is 0.655. The Morgan fingerprint density at radius 1 is 1.70 bits per heavy atom. The molecule has 0 aromatic heterocycles. The summed E-state index contributed by atoms with van der Waals surface area (Å²) in [6, 6.07) is -0.217. The van der Waals surface area contributed by atoms with Crippen molar-refractivity contribution in [3.63, 3.8) is 0 Å². The Hall–Kier alpha value is -0.830. The Morgan fingerprint density at radius 3 is 2.50 bits per heavy atom. The second-order valence-electron chi connectivity index (χ2n) is 2.24.